The van der Waals surface area contributed by atoms with E-state index >= 15 is 0 Å². The maximum Gasteiger partial charge on any atom is 0.173 e. The van der Waals surface area contributed by atoms with Gasteiger partial charge in [0.05, 0.1) is 11.2 Å². The fourth-order valence-electron chi connectivity index (χ4n) is 2.04. The number of hydrogen-bond acceptors (Lipinski definition) is 4. The molecule has 1 aliphatic heterocycles. The van der Waals surface area contributed by atoms with E-state index in [1.54, 1.807) is 6.07 Å². The maximum atomic E-state index is 11.0. The van der Waals surface area contributed by atoms with Crippen molar-refractivity contribution in [2.24, 2.45) is 0 Å². The lowest BCUT2D eigenvalue weighted by molar-refractivity contribution is 0.110. The van der Waals surface area contributed by atoms with Crippen LogP contribution in [0.4, 0.5) is 0 Å². The molecule has 1 aromatic carbocycles. The number of carbonyl (C=O) groups is 1. The fourth-order valence-corrected chi connectivity index (χ4v) is 2.54. The van der Waals surface area contributed by atoms with Crippen LogP contribution in [-0.4, -0.2) is 24.6 Å². The van der Waals surface area contributed by atoms with Gasteiger partial charge in [0.25, 0.3) is 0 Å². The lowest BCUT2D eigenvalue weighted by Crippen LogP contribution is -2.20. The van der Waals surface area contributed by atoms with Crippen molar-refractivity contribution in [3.8, 4) is 11.5 Å². The molecule has 90 valence electrons. The normalized spacial score (nSPS) is 19.9. The number of fused-ring (bicyclic) bond motifs is 1. The molecule has 0 bridgehead atoms. The summed E-state index contributed by atoms with van der Waals surface area (Å²) in [7, 11) is 0. The number of hydrogen-bond donors (Lipinski definition) is 1. The van der Waals surface area contributed by atoms with Crippen LogP contribution in [0.2, 0.25) is 0 Å². The van der Waals surface area contributed by atoms with E-state index in [4.69, 9.17) is 9.47 Å². The standard InChI is InChI=1S/C12H11BrO4/c13-9-5-8(12(15)1-2-12)11-10(7(9)6-14)16-3-4-17-11/h5-6,15H,1-4H2. The molecule has 2 aliphatic rings. The van der Waals surface area contributed by atoms with Crippen LogP contribution in [0.5, 0.6) is 11.5 Å². The van der Waals surface area contributed by atoms with Crippen LogP contribution in [0.3, 0.4) is 0 Å². The van der Waals surface area contributed by atoms with E-state index < -0.39 is 5.60 Å². The number of halogens is 1. The van der Waals surface area contributed by atoms with Crippen LogP contribution < -0.4 is 9.47 Å². The van der Waals surface area contributed by atoms with E-state index in [0.717, 1.165) is 19.1 Å². The molecular weight excluding hydrogens is 288 g/mol. The molecular formula is C12H11BrO4. The largest absolute Gasteiger partial charge is 0.486 e. The Balaban J connectivity index is 2.23. The summed E-state index contributed by atoms with van der Waals surface area (Å²) in [5.74, 6) is 0.956. The van der Waals surface area contributed by atoms with Crippen molar-refractivity contribution in [1.29, 1.82) is 0 Å². The lowest BCUT2D eigenvalue weighted by Gasteiger charge is -2.25. The molecule has 1 N–H and O–H groups in total. The third-order valence-corrected chi connectivity index (χ3v) is 3.80. The molecule has 1 aliphatic carbocycles. The Morgan fingerprint density at radius 3 is 2.53 bits per heavy atom. The van der Waals surface area contributed by atoms with Gasteiger partial charge < -0.3 is 14.6 Å². The van der Waals surface area contributed by atoms with Gasteiger partial charge in [0.15, 0.2) is 17.8 Å². The Labute approximate surface area is 107 Å². The highest BCUT2D eigenvalue weighted by Crippen LogP contribution is 2.53. The van der Waals surface area contributed by atoms with E-state index in [-0.39, 0.29) is 0 Å². The van der Waals surface area contributed by atoms with Gasteiger partial charge in [-0.25, -0.2) is 0 Å². The average Bonchev–Trinajstić information content (AvgIpc) is 3.07. The van der Waals surface area contributed by atoms with E-state index in [2.05, 4.69) is 15.9 Å². The van der Waals surface area contributed by atoms with Crippen molar-refractivity contribution in [3.63, 3.8) is 0 Å². The molecule has 17 heavy (non-hydrogen) atoms. The first-order valence-electron chi connectivity index (χ1n) is 5.46. The molecule has 0 saturated heterocycles. The fraction of sp³-hybridized carbons (Fsp3) is 0.417. The van der Waals surface area contributed by atoms with Gasteiger partial charge in [-0.15, -0.1) is 0 Å². The molecule has 0 aromatic heterocycles. The summed E-state index contributed by atoms with van der Waals surface area (Å²) in [6.45, 7) is 0.859. The van der Waals surface area contributed by atoms with E-state index in [0.29, 0.717) is 40.3 Å². The summed E-state index contributed by atoms with van der Waals surface area (Å²) < 4.78 is 11.7. The summed E-state index contributed by atoms with van der Waals surface area (Å²) in [5.41, 5.74) is 0.340. The van der Waals surface area contributed by atoms with Gasteiger partial charge in [0, 0.05) is 10.0 Å². The molecule has 4 nitrogen and oxygen atoms in total. The maximum absolute atomic E-state index is 11.0. The Morgan fingerprint density at radius 1 is 1.29 bits per heavy atom. The molecule has 3 rings (SSSR count). The SMILES string of the molecule is O=Cc1c(Br)cc(C2(O)CC2)c2c1OCCO2. The first-order valence-corrected chi connectivity index (χ1v) is 6.25. The third kappa shape index (κ3) is 1.65. The van der Waals surface area contributed by atoms with Crippen LogP contribution in [0.25, 0.3) is 0 Å². The Kier molecular flexibility index (Phi) is 2.41. The number of aldehydes is 1. The molecule has 0 atom stereocenters. The van der Waals surface area contributed by atoms with Crippen molar-refractivity contribution in [2.75, 3.05) is 13.2 Å². The van der Waals surface area contributed by atoms with Gasteiger partial charge in [-0.3, -0.25) is 4.79 Å². The number of carbonyl (C=O) groups excluding carboxylic acids is 1. The summed E-state index contributed by atoms with van der Waals surface area (Å²) in [6, 6.07) is 1.75. The molecule has 0 unspecified atom stereocenters. The van der Waals surface area contributed by atoms with Crippen molar-refractivity contribution in [2.45, 2.75) is 18.4 Å². The van der Waals surface area contributed by atoms with Crippen molar-refractivity contribution >= 4 is 22.2 Å². The predicted octanol–water partition coefficient (Wildman–Crippen LogP) is 2.01. The van der Waals surface area contributed by atoms with Gasteiger partial charge in [-0.05, 0) is 34.8 Å². The molecule has 1 fully saturated rings. The second kappa shape index (κ2) is 3.71. The summed E-state index contributed by atoms with van der Waals surface area (Å²) in [4.78, 5) is 11.0. The minimum Gasteiger partial charge on any atom is -0.486 e. The van der Waals surface area contributed by atoms with E-state index in [9.17, 15) is 9.90 Å². The zero-order valence-electron chi connectivity index (χ0n) is 9.03. The van der Waals surface area contributed by atoms with Crippen molar-refractivity contribution < 1.29 is 19.4 Å². The zero-order valence-corrected chi connectivity index (χ0v) is 10.6. The second-order valence-electron chi connectivity index (χ2n) is 4.32. The summed E-state index contributed by atoms with van der Waals surface area (Å²) in [5, 5.41) is 10.2. The summed E-state index contributed by atoms with van der Waals surface area (Å²) in [6.07, 6.45) is 2.17. The van der Waals surface area contributed by atoms with E-state index in [1.807, 2.05) is 0 Å². The molecule has 5 heteroatoms. The molecule has 0 amide bonds. The van der Waals surface area contributed by atoms with Crippen LogP contribution in [0, 0.1) is 0 Å². The number of benzene rings is 1. The number of rotatable bonds is 2. The number of aliphatic hydroxyl groups is 1. The first-order chi connectivity index (χ1) is 8.15. The lowest BCUT2D eigenvalue weighted by atomic mass is 10.0. The monoisotopic (exact) mass is 298 g/mol. The zero-order chi connectivity index (χ0) is 12.0. The minimum atomic E-state index is -0.811. The van der Waals surface area contributed by atoms with Crippen LogP contribution in [0.1, 0.15) is 28.8 Å². The van der Waals surface area contributed by atoms with Gasteiger partial charge in [0.1, 0.15) is 13.2 Å². The van der Waals surface area contributed by atoms with Gasteiger partial charge in [-0.2, -0.15) is 0 Å². The smallest absolute Gasteiger partial charge is 0.173 e. The minimum absolute atomic E-state index is 0.419. The molecule has 0 spiro atoms. The summed E-state index contributed by atoms with van der Waals surface area (Å²) >= 11 is 3.33. The highest BCUT2D eigenvalue weighted by molar-refractivity contribution is 9.10. The molecule has 1 saturated carbocycles. The third-order valence-electron chi connectivity index (χ3n) is 3.14. The Bertz CT molecular complexity index is 494. The van der Waals surface area contributed by atoms with Gasteiger partial charge >= 0.3 is 0 Å². The molecule has 1 aromatic rings. The second-order valence-corrected chi connectivity index (χ2v) is 5.18. The van der Waals surface area contributed by atoms with Crippen LogP contribution in [-0.2, 0) is 5.60 Å². The van der Waals surface area contributed by atoms with Crippen molar-refractivity contribution in [3.05, 3.63) is 21.7 Å². The van der Waals surface area contributed by atoms with Gasteiger partial charge in [0.2, 0.25) is 0 Å². The van der Waals surface area contributed by atoms with Crippen LogP contribution >= 0.6 is 15.9 Å². The Morgan fingerprint density at radius 2 is 1.94 bits per heavy atom. The topological polar surface area (TPSA) is 55.8 Å². The quantitative estimate of drug-likeness (QED) is 0.849. The van der Waals surface area contributed by atoms with E-state index in [1.165, 1.54) is 0 Å². The van der Waals surface area contributed by atoms with Crippen molar-refractivity contribution in [1.82, 2.24) is 0 Å². The number of ether oxygens (including phenoxy) is 2. The molecule has 1 heterocycles. The molecule has 0 radical (unpaired) electrons. The van der Waals surface area contributed by atoms with Gasteiger partial charge in [-0.1, -0.05) is 0 Å². The van der Waals surface area contributed by atoms with Crippen LogP contribution in [0.15, 0.2) is 10.5 Å². The highest BCUT2D eigenvalue weighted by Gasteiger charge is 2.46. The predicted molar refractivity (Wildman–Crippen MR) is 63.7 cm³/mol. The first kappa shape index (κ1) is 11.0. The highest BCUT2D eigenvalue weighted by atomic mass is 79.9. The average molecular weight is 299 g/mol. The Hall–Kier alpha value is -1.07.